The summed E-state index contributed by atoms with van der Waals surface area (Å²) in [6.07, 6.45) is 3.19. The molecule has 3 N–H and O–H groups in total. The Kier molecular flexibility index (Phi) is 4.70. The average molecular weight is 253 g/mol. The van der Waals surface area contributed by atoms with Gasteiger partial charge in [-0.1, -0.05) is 12.1 Å². The van der Waals surface area contributed by atoms with Crippen molar-refractivity contribution in [2.45, 2.75) is 13.8 Å². The summed E-state index contributed by atoms with van der Waals surface area (Å²) in [6, 6.07) is 0. The van der Waals surface area contributed by atoms with Crippen LogP contribution >= 0.6 is 0 Å². The number of hydrogen-bond acceptors (Lipinski definition) is 4. The molecule has 0 aliphatic carbocycles. The number of oxime groups is 1. The smallest absolute Gasteiger partial charge is 0.257 e. The van der Waals surface area contributed by atoms with E-state index in [9.17, 15) is 4.79 Å². The Balaban J connectivity index is 2.75. The lowest BCUT2D eigenvalue weighted by atomic mass is 10.1. The second kappa shape index (κ2) is 6.04. The van der Waals surface area contributed by atoms with Crippen LogP contribution in [0.2, 0.25) is 0 Å². The van der Waals surface area contributed by atoms with Crippen molar-refractivity contribution in [1.82, 2.24) is 14.7 Å². The van der Waals surface area contributed by atoms with Gasteiger partial charge in [0.05, 0.1) is 11.8 Å². The maximum Gasteiger partial charge on any atom is 0.257 e. The molecule has 0 aliphatic rings. The molecule has 0 spiro atoms. The van der Waals surface area contributed by atoms with Gasteiger partial charge in [-0.2, -0.15) is 5.10 Å². The van der Waals surface area contributed by atoms with Crippen LogP contribution in [0.3, 0.4) is 0 Å². The third-order valence-corrected chi connectivity index (χ3v) is 2.74. The molecule has 1 rings (SSSR count). The average Bonchev–Trinajstić information content (AvgIpc) is 2.80. The summed E-state index contributed by atoms with van der Waals surface area (Å²) in [4.78, 5) is 13.8. The molecule has 1 aromatic heterocycles. The highest BCUT2D eigenvalue weighted by Crippen LogP contribution is 2.07. The SMILES string of the molecule is CCN(CC(C)/C(N)=N/O)C(=O)c1cnn(C)c1. The van der Waals surface area contributed by atoms with Crippen LogP contribution in [-0.2, 0) is 7.05 Å². The summed E-state index contributed by atoms with van der Waals surface area (Å²) in [5, 5.41) is 15.5. The van der Waals surface area contributed by atoms with E-state index in [-0.39, 0.29) is 17.7 Å². The molecule has 100 valence electrons. The van der Waals surface area contributed by atoms with Gasteiger partial charge in [-0.15, -0.1) is 0 Å². The van der Waals surface area contributed by atoms with Gasteiger partial charge in [0.2, 0.25) is 0 Å². The summed E-state index contributed by atoms with van der Waals surface area (Å²) >= 11 is 0. The molecule has 1 aromatic rings. The first-order valence-electron chi connectivity index (χ1n) is 5.74. The molecule has 0 fully saturated rings. The second-order valence-corrected chi connectivity index (χ2v) is 4.17. The van der Waals surface area contributed by atoms with E-state index < -0.39 is 0 Å². The topological polar surface area (TPSA) is 96.7 Å². The molecule has 0 saturated heterocycles. The van der Waals surface area contributed by atoms with Crippen molar-refractivity contribution < 1.29 is 10.0 Å². The van der Waals surface area contributed by atoms with Crippen LogP contribution in [0.5, 0.6) is 0 Å². The Hall–Kier alpha value is -2.05. The quantitative estimate of drug-likeness (QED) is 0.340. The Morgan fingerprint density at radius 2 is 2.39 bits per heavy atom. The number of carbonyl (C=O) groups is 1. The minimum atomic E-state index is -0.199. The lowest BCUT2D eigenvalue weighted by Crippen LogP contribution is -2.38. The predicted molar refractivity (Wildman–Crippen MR) is 67.4 cm³/mol. The molecule has 1 atom stereocenters. The van der Waals surface area contributed by atoms with Gasteiger partial charge in [0, 0.05) is 32.3 Å². The fraction of sp³-hybridized carbons (Fsp3) is 0.545. The maximum absolute atomic E-state index is 12.2. The first-order chi connectivity index (χ1) is 8.49. The van der Waals surface area contributed by atoms with Crippen molar-refractivity contribution in [3.8, 4) is 0 Å². The Morgan fingerprint density at radius 3 is 2.83 bits per heavy atom. The van der Waals surface area contributed by atoms with E-state index in [0.717, 1.165) is 0 Å². The molecular weight excluding hydrogens is 234 g/mol. The molecule has 0 aliphatic heterocycles. The monoisotopic (exact) mass is 253 g/mol. The first-order valence-corrected chi connectivity index (χ1v) is 5.74. The summed E-state index contributed by atoms with van der Waals surface area (Å²) in [5.41, 5.74) is 6.04. The van der Waals surface area contributed by atoms with Gasteiger partial charge in [0.25, 0.3) is 5.91 Å². The zero-order valence-electron chi connectivity index (χ0n) is 10.9. The molecule has 18 heavy (non-hydrogen) atoms. The number of aryl methyl sites for hydroxylation is 1. The van der Waals surface area contributed by atoms with E-state index >= 15 is 0 Å². The fourth-order valence-electron chi connectivity index (χ4n) is 1.59. The van der Waals surface area contributed by atoms with Crippen molar-refractivity contribution >= 4 is 11.7 Å². The highest BCUT2D eigenvalue weighted by Gasteiger charge is 2.19. The molecule has 0 bridgehead atoms. The maximum atomic E-state index is 12.2. The molecule has 1 amide bonds. The van der Waals surface area contributed by atoms with Gasteiger partial charge in [0.15, 0.2) is 0 Å². The van der Waals surface area contributed by atoms with Crippen molar-refractivity contribution in [1.29, 1.82) is 0 Å². The van der Waals surface area contributed by atoms with Gasteiger partial charge in [-0.3, -0.25) is 9.48 Å². The van der Waals surface area contributed by atoms with Crippen LogP contribution in [0.4, 0.5) is 0 Å². The first kappa shape index (κ1) is 14.0. The third kappa shape index (κ3) is 3.22. The molecule has 0 aromatic carbocycles. The highest BCUT2D eigenvalue weighted by atomic mass is 16.4. The number of aromatic nitrogens is 2. The van der Waals surface area contributed by atoms with Gasteiger partial charge in [-0.25, -0.2) is 0 Å². The largest absolute Gasteiger partial charge is 0.409 e. The minimum absolute atomic E-state index is 0.108. The van der Waals surface area contributed by atoms with Crippen LogP contribution in [0.1, 0.15) is 24.2 Å². The highest BCUT2D eigenvalue weighted by molar-refractivity contribution is 5.94. The lowest BCUT2D eigenvalue weighted by molar-refractivity contribution is 0.0753. The third-order valence-electron chi connectivity index (χ3n) is 2.74. The number of carbonyl (C=O) groups excluding carboxylic acids is 1. The van der Waals surface area contributed by atoms with Crippen molar-refractivity contribution in [3.63, 3.8) is 0 Å². The minimum Gasteiger partial charge on any atom is -0.409 e. The molecule has 0 saturated carbocycles. The second-order valence-electron chi connectivity index (χ2n) is 4.17. The zero-order chi connectivity index (χ0) is 13.7. The fourth-order valence-corrected chi connectivity index (χ4v) is 1.59. The standard InChI is InChI=1S/C11H19N5O2/c1-4-16(6-8(2)10(12)14-18)11(17)9-5-13-15(3)7-9/h5,7-8,18H,4,6H2,1-3H3,(H2,12,14). The molecule has 0 radical (unpaired) electrons. The number of nitrogens with zero attached hydrogens (tertiary/aromatic N) is 4. The van der Waals surface area contributed by atoms with E-state index in [1.807, 2.05) is 6.92 Å². The van der Waals surface area contributed by atoms with Crippen LogP contribution < -0.4 is 5.73 Å². The predicted octanol–water partition coefficient (Wildman–Crippen LogP) is 0.265. The summed E-state index contributed by atoms with van der Waals surface area (Å²) < 4.78 is 1.58. The van der Waals surface area contributed by atoms with Crippen molar-refractivity contribution in [2.24, 2.45) is 23.9 Å². The van der Waals surface area contributed by atoms with E-state index in [2.05, 4.69) is 10.3 Å². The van der Waals surface area contributed by atoms with Crippen LogP contribution in [0, 0.1) is 5.92 Å². The molecule has 7 nitrogen and oxygen atoms in total. The summed E-state index contributed by atoms with van der Waals surface area (Å²) in [7, 11) is 1.76. The van der Waals surface area contributed by atoms with Gasteiger partial charge < -0.3 is 15.8 Å². The van der Waals surface area contributed by atoms with E-state index in [1.54, 1.807) is 29.7 Å². The Morgan fingerprint density at radius 1 is 1.72 bits per heavy atom. The van der Waals surface area contributed by atoms with Crippen LogP contribution in [0.25, 0.3) is 0 Å². The number of amides is 1. The lowest BCUT2D eigenvalue weighted by Gasteiger charge is -2.23. The number of rotatable bonds is 5. The van der Waals surface area contributed by atoms with E-state index in [0.29, 0.717) is 18.7 Å². The van der Waals surface area contributed by atoms with Gasteiger partial charge in [-0.05, 0) is 6.92 Å². The molecule has 1 heterocycles. The number of amidine groups is 1. The molecule has 7 heteroatoms. The van der Waals surface area contributed by atoms with Crippen LogP contribution in [-0.4, -0.2) is 44.7 Å². The number of hydrogen-bond donors (Lipinski definition) is 2. The zero-order valence-corrected chi connectivity index (χ0v) is 10.9. The molecular formula is C11H19N5O2. The van der Waals surface area contributed by atoms with E-state index in [4.69, 9.17) is 10.9 Å². The van der Waals surface area contributed by atoms with Crippen LogP contribution in [0.15, 0.2) is 17.5 Å². The molecule has 1 unspecified atom stereocenters. The summed E-state index contributed by atoms with van der Waals surface area (Å²) in [5.74, 6) is -0.189. The Bertz CT molecular complexity index is 440. The normalized spacial score (nSPS) is 13.4. The van der Waals surface area contributed by atoms with Crippen molar-refractivity contribution in [3.05, 3.63) is 18.0 Å². The van der Waals surface area contributed by atoms with Gasteiger partial charge in [0.1, 0.15) is 5.84 Å². The van der Waals surface area contributed by atoms with E-state index in [1.165, 1.54) is 6.20 Å². The Labute approximate surface area is 106 Å². The van der Waals surface area contributed by atoms with Gasteiger partial charge >= 0.3 is 0 Å². The summed E-state index contributed by atoms with van der Waals surface area (Å²) in [6.45, 7) is 4.64. The van der Waals surface area contributed by atoms with Crippen molar-refractivity contribution in [2.75, 3.05) is 13.1 Å². The number of nitrogens with two attached hydrogens (primary N) is 1.